The van der Waals surface area contributed by atoms with E-state index in [-0.39, 0.29) is 18.0 Å². The van der Waals surface area contributed by atoms with E-state index < -0.39 is 10.0 Å². The molecule has 0 radical (unpaired) electrons. The highest BCUT2D eigenvalue weighted by Crippen LogP contribution is 2.41. The van der Waals surface area contributed by atoms with Crippen molar-refractivity contribution in [3.8, 4) is 0 Å². The number of hydrogen-bond acceptors (Lipinski definition) is 4. The van der Waals surface area contributed by atoms with E-state index in [2.05, 4.69) is 5.32 Å². The van der Waals surface area contributed by atoms with Gasteiger partial charge < -0.3 is 5.32 Å². The van der Waals surface area contributed by atoms with Crippen LogP contribution in [0.25, 0.3) is 0 Å². The predicted molar refractivity (Wildman–Crippen MR) is 109 cm³/mol. The molecule has 28 heavy (non-hydrogen) atoms. The van der Waals surface area contributed by atoms with Crippen LogP contribution in [0.1, 0.15) is 46.5 Å². The highest BCUT2D eigenvalue weighted by molar-refractivity contribution is 7.89. The van der Waals surface area contributed by atoms with Gasteiger partial charge in [0.15, 0.2) is 0 Å². The Morgan fingerprint density at radius 2 is 1.93 bits per heavy atom. The van der Waals surface area contributed by atoms with Gasteiger partial charge in [-0.15, -0.1) is 11.3 Å². The Labute approximate surface area is 169 Å². The minimum Gasteiger partial charge on any atom is -0.347 e. The molecule has 2 aromatic rings. The summed E-state index contributed by atoms with van der Waals surface area (Å²) in [6.07, 6.45) is 6.00. The minimum absolute atomic E-state index is 0.0984. The van der Waals surface area contributed by atoms with Crippen LogP contribution in [-0.4, -0.2) is 37.3 Å². The molecule has 2 aliphatic carbocycles. The zero-order valence-electron chi connectivity index (χ0n) is 15.6. The van der Waals surface area contributed by atoms with Crippen molar-refractivity contribution >= 4 is 27.3 Å². The summed E-state index contributed by atoms with van der Waals surface area (Å²) in [5.41, 5.74) is 2.47. The monoisotopic (exact) mass is 416 g/mol. The summed E-state index contributed by atoms with van der Waals surface area (Å²) in [4.78, 5) is 13.5. The van der Waals surface area contributed by atoms with Gasteiger partial charge in [0, 0.05) is 18.6 Å². The fraction of sp³-hybridized carbons (Fsp3) is 0.476. The summed E-state index contributed by atoms with van der Waals surface area (Å²) in [5.74, 6) is 0.227. The lowest BCUT2D eigenvalue weighted by atomic mass is 9.92. The summed E-state index contributed by atoms with van der Waals surface area (Å²) in [6.45, 7) is 0.565. The number of amides is 1. The van der Waals surface area contributed by atoms with Crippen LogP contribution < -0.4 is 5.32 Å². The van der Waals surface area contributed by atoms with E-state index in [1.807, 2.05) is 23.6 Å². The molecule has 2 bridgehead atoms. The topological polar surface area (TPSA) is 66.5 Å². The third-order valence-corrected chi connectivity index (χ3v) is 9.18. The minimum atomic E-state index is -3.54. The van der Waals surface area contributed by atoms with Crippen LogP contribution in [0.2, 0.25) is 0 Å². The average Bonchev–Trinajstić information content (AvgIpc) is 3.44. The van der Waals surface area contributed by atoms with Gasteiger partial charge in [-0.1, -0.05) is 12.1 Å². The van der Waals surface area contributed by atoms with E-state index in [9.17, 15) is 13.2 Å². The fourth-order valence-electron chi connectivity index (χ4n) is 5.06. The maximum Gasteiger partial charge on any atom is 0.261 e. The number of sulfonamides is 1. The highest BCUT2D eigenvalue weighted by Gasteiger charge is 2.50. The van der Waals surface area contributed by atoms with Gasteiger partial charge in [0.2, 0.25) is 10.0 Å². The number of piperidine rings is 1. The Morgan fingerprint density at radius 1 is 1.11 bits per heavy atom. The molecule has 5 nitrogen and oxygen atoms in total. The number of carbonyl (C=O) groups excluding carboxylic acids is 1. The summed E-state index contributed by atoms with van der Waals surface area (Å²) >= 11 is 1.41. The number of nitrogens with zero attached hydrogens (tertiary/aromatic N) is 1. The van der Waals surface area contributed by atoms with E-state index in [1.165, 1.54) is 28.9 Å². The molecule has 3 aliphatic rings. The number of rotatable bonds is 4. The molecule has 1 saturated heterocycles. The summed E-state index contributed by atoms with van der Waals surface area (Å²) in [6, 6.07) is 9.05. The van der Waals surface area contributed by atoms with Gasteiger partial charge in [-0.2, -0.15) is 4.31 Å². The number of thiophene rings is 1. The Kier molecular flexibility index (Phi) is 4.56. The van der Waals surface area contributed by atoms with Gasteiger partial charge in [-0.3, -0.25) is 4.79 Å². The number of aryl methyl sites for hydroxylation is 2. The van der Waals surface area contributed by atoms with Gasteiger partial charge >= 0.3 is 0 Å². The standard InChI is InChI=1S/C21H24N2O3S2/c24-21(20-6-3-9-27-20)22-18-10-14-11-19(18)23(13-14)28(25,26)17-8-7-15-4-1-2-5-16(15)12-17/h3,6-9,12,14,18-19H,1-2,4-5,10-11,13H2,(H,22,24)/t14-,18+,19-/m1/s1. The Bertz CT molecular complexity index is 1000. The van der Waals surface area contributed by atoms with Crippen LogP contribution in [0.4, 0.5) is 0 Å². The van der Waals surface area contributed by atoms with Crippen LogP contribution in [0.3, 0.4) is 0 Å². The second kappa shape index (κ2) is 6.97. The fourth-order valence-corrected chi connectivity index (χ4v) is 7.49. The lowest BCUT2D eigenvalue weighted by molar-refractivity contribution is 0.0921. The lowest BCUT2D eigenvalue weighted by Gasteiger charge is -2.33. The number of benzene rings is 1. The number of fused-ring (bicyclic) bond motifs is 3. The molecule has 1 aliphatic heterocycles. The maximum atomic E-state index is 13.4. The van der Waals surface area contributed by atoms with Crippen LogP contribution in [-0.2, 0) is 22.9 Å². The van der Waals surface area contributed by atoms with Crippen molar-refractivity contribution < 1.29 is 13.2 Å². The van der Waals surface area contributed by atoms with Crippen molar-refractivity contribution in [1.82, 2.24) is 9.62 Å². The number of carbonyl (C=O) groups is 1. The molecule has 1 saturated carbocycles. The third kappa shape index (κ3) is 3.09. The molecule has 1 aromatic heterocycles. The van der Waals surface area contributed by atoms with Crippen molar-refractivity contribution in [2.75, 3.05) is 6.54 Å². The molecule has 148 valence electrons. The summed E-state index contributed by atoms with van der Waals surface area (Å²) < 4.78 is 28.4. The van der Waals surface area contributed by atoms with Crippen LogP contribution in [0.15, 0.2) is 40.6 Å². The van der Waals surface area contributed by atoms with Crippen molar-refractivity contribution in [2.24, 2.45) is 5.92 Å². The zero-order chi connectivity index (χ0) is 19.3. The Morgan fingerprint density at radius 3 is 2.68 bits per heavy atom. The van der Waals surface area contributed by atoms with Crippen LogP contribution in [0.5, 0.6) is 0 Å². The molecule has 2 heterocycles. The third-order valence-electron chi connectivity index (χ3n) is 6.42. The molecule has 0 unspecified atom stereocenters. The molecule has 1 aromatic carbocycles. The Balaban J connectivity index is 1.38. The quantitative estimate of drug-likeness (QED) is 0.832. The Hall–Kier alpha value is -1.70. The first-order valence-electron chi connectivity index (χ1n) is 10.0. The lowest BCUT2D eigenvalue weighted by Crippen LogP contribution is -2.51. The first-order valence-corrected chi connectivity index (χ1v) is 12.3. The molecular formula is C21H24N2O3S2. The van der Waals surface area contributed by atoms with Crippen molar-refractivity contribution in [2.45, 2.75) is 55.5 Å². The normalized spacial score (nSPS) is 26.9. The van der Waals surface area contributed by atoms with E-state index in [4.69, 9.17) is 0 Å². The number of nitrogens with one attached hydrogen (secondary N) is 1. The van der Waals surface area contributed by atoms with E-state index >= 15 is 0 Å². The summed E-state index contributed by atoms with van der Waals surface area (Å²) in [5, 5.41) is 4.96. The van der Waals surface area contributed by atoms with Crippen molar-refractivity contribution in [3.05, 3.63) is 51.7 Å². The molecule has 0 spiro atoms. The van der Waals surface area contributed by atoms with E-state index in [1.54, 1.807) is 16.4 Å². The molecule has 5 rings (SSSR count). The van der Waals surface area contributed by atoms with Crippen LogP contribution in [0, 0.1) is 5.92 Å². The zero-order valence-corrected chi connectivity index (χ0v) is 17.3. The van der Waals surface area contributed by atoms with Crippen molar-refractivity contribution in [3.63, 3.8) is 0 Å². The SMILES string of the molecule is O=C(N[C@H]1C[C@@H]2C[C@H]1N(S(=O)(=O)c1ccc3c(c1)CCCC3)C2)c1cccs1. The summed E-state index contributed by atoms with van der Waals surface area (Å²) in [7, 11) is -3.54. The molecule has 7 heteroatoms. The van der Waals surface area contributed by atoms with Gasteiger partial charge in [0.1, 0.15) is 0 Å². The van der Waals surface area contributed by atoms with E-state index in [0.717, 1.165) is 32.1 Å². The predicted octanol–water partition coefficient (Wildman–Crippen LogP) is 3.21. The maximum absolute atomic E-state index is 13.4. The largest absolute Gasteiger partial charge is 0.347 e. The van der Waals surface area contributed by atoms with Gasteiger partial charge in [-0.25, -0.2) is 8.42 Å². The first kappa shape index (κ1) is 18.3. The van der Waals surface area contributed by atoms with Gasteiger partial charge in [-0.05, 0) is 79.1 Å². The average molecular weight is 417 g/mol. The van der Waals surface area contributed by atoms with Gasteiger partial charge in [0.05, 0.1) is 9.77 Å². The number of hydrogen-bond donors (Lipinski definition) is 1. The van der Waals surface area contributed by atoms with Gasteiger partial charge in [0.25, 0.3) is 5.91 Å². The molecular weight excluding hydrogens is 392 g/mol. The highest BCUT2D eigenvalue weighted by atomic mass is 32.2. The second-order valence-corrected chi connectivity index (χ2v) is 11.0. The second-order valence-electron chi connectivity index (χ2n) is 8.17. The molecule has 1 amide bonds. The smallest absolute Gasteiger partial charge is 0.261 e. The van der Waals surface area contributed by atoms with Crippen molar-refractivity contribution in [1.29, 1.82) is 0 Å². The van der Waals surface area contributed by atoms with Crippen LogP contribution >= 0.6 is 11.3 Å². The molecule has 1 N–H and O–H groups in total. The molecule has 3 atom stereocenters. The first-order chi connectivity index (χ1) is 13.5. The molecule has 2 fully saturated rings. The van der Waals surface area contributed by atoms with E-state index in [0.29, 0.717) is 22.2 Å².